The Morgan fingerprint density at radius 1 is 1.00 bits per heavy atom. The zero-order valence-corrected chi connectivity index (χ0v) is 13.9. The third-order valence-electron chi connectivity index (χ3n) is 5.00. The van der Waals surface area contributed by atoms with Gasteiger partial charge in [0, 0.05) is 37.0 Å². The summed E-state index contributed by atoms with van der Waals surface area (Å²) in [7, 11) is 0. The van der Waals surface area contributed by atoms with Crippen LogP contribution in [0.4, 0.5) is 17.1 Å². The van der Waals surface area contributed by atoms with Gasteiger partial charge in [-0.3, -0.25) is 14.9 Å². The molecule has 2 heterocycles. The van der Waals surface area contributed by atoms with Crippen LogP contribution >= 0.6 is 0 Å². The van der Waals surface area contributed by atoms with Gasteiger partial charge in [-0.15, -0.1) is 0 Å². The lowest BCUT2D eigenvalue weighted by Gasteiger charge is -2.20. The second-order valence-corrected chi connectivity index (χ2v) is 6.49. The van der Waals surface area contributed by atoms with Gasteiger partial charge in [0.2, 0.25) is 0 Å². The lowest BCUT2D eigenvalue weighted by molar-refractivity contribution is -0.384. The number of fused-ring (bicyclic) bond motifs is 1. The molecule has 0 bridgehead atoms. The molecule has 0 atom stereocenters. The zero-order chi connectivity index (χ0) is 17.4. The van der Waals surface area contributed by atoms with E-state index in [1.165, 1.54) is 6.07 Å². The maximum absolute atomic E-state index is 12.9. The van der Waals surface area contributed by atoms with Gasteiger partial charge < -0.3 is 9.80 Å². The standard InChI is InChI=1S/C19H19N3O3/c23-19(21-12-9-14-5-1-2-6-16(14)21)15-7-8-17(18(13-15)22(24)25)20-10-3-4-11-20/h1-2,5-8,13H,3-4,9-12H2. The first kappa shape index (κ1) is 15.6. The molecule has 0 aromatic heterocycles. The fraction of sp³-hybridized carbons (Fsp3) is 0.316. The van der Waals surface area contributed by atoms with E-state index >= 15 is 0 Å². The fourth-order valence-electron chi connectivity index (χ4n) is 3.73. The van der Waals surface area contributed by atoms with Crippen molar-refractivity contribution in [3.8, 4) is 0 Å². The molecule has 1 saturated heterocycles. The van der Waals surface area contributed by atoms with Crippen molar-refractivity contribution in [3.63, 3.8) is 0 Å². The lowest BCUT2D eigenvalue weighted by Crippen LogP contribution is -2.29. The summed E-state index contributed by atoms with van der Waals surface area (Å²) in [6.45, 7) is 2.27. The molecule has 1 fully saturated rings. The Labute approximate surface area is 145 Å². The van der Waals surface area contributed by atoms with Crippen LogP contribution in [-0.2, 0) is 6.42 Å². The molecule has 0 saturated carbocycles. The summed E-state index contributed by atoms with van der Waals surface area (Å²) in [5.74, 6) is -0.180. The van der Waals surface area contributed by atoms with Crippen molar-refractivity contribution >= 4 is 23.0 Å². The Kier molecular flexibility index (Phi) is 3.87. The third-order valence-corrected chi connectivity index (χ3v) is 5.00. The highest BCUT2D eigenvalue weighted by molar-refractivity contribution is 6.08. The van der Waals surface area contributed by atoms with E-state index in [0.29, 0.717) is 17.8 Å². The molecular formula is C19H19N3O3. The molecule has 2 aromatic carbocycles. The molecule has 128 valence electrons. The van der Waals surface area contributed by atoms with Crippen molar-refractivity contribution in [2.24, 2.45) is 0 Å². The number of carbonyl (C=O) groups is 1. The molecular weight excluding hydrogens is 318 g/mol. The van der Waals surface area contributed by atoms with Crippen molar-refractivity contribution < 1.29 is 9.72 Å². The SMILES string of the molecule is O=C(c1ccc(N2CCCC2)c([N+](=O)[O-])c1)N1CCc2ccccc21. The minimum Gasteiger partial charge on any atom is -0.366 e. The summed E-state index contributed by atoms with van der Waals surface area (Å²) >= 11 is 0. The molecule has 0 aliphatic carbocycles. The zero-order valence-electron chi connectivity index (χ0n) is 13.9. The molecule has 6 heteroatoms. The Balaban J connectivity index is 1.68. The predicted molar refractivity (Wildman–Crippen MR) is 96.4 cm³/mol. The first-order chi connectivity index (χ1) is 12.1. The van der Waals surface area contributed by atoms with Crippen LogP contribution in [0.2, 0.25) is 0 Å². The van der Waals surface area contributed by atoms with E-state index in [-0.39, 0.29) is 16.5 Å². The van der Waals surface area contributed by atoms with Gasteiger partial charge >= 0.3 is 0 Å². The topological polar surface area (TPSA) is 66.7 Å². The number of hydrogen-bond donors (Lipinski definition) is 0. The number of anilines is 2. The number of nitro benzene ring substituents is 1. The van der Waals surface area contributed by atoms with E-state index in [9.17, 15) is 14.9 Å². The van der Waals surface area contributed by atoms with E-state index in [0.717, 1.165) is 43.6 Å². The normalized spacial score (nSPS) is 16.2. The van der Waals surface area contributed by atoms with Crippen molar-refractivity contribution in [1.82, 2.24) is 0 Å². The smallest absolute Gasteiger partial charge is 0.293 e. The van der Waals surface area contributed by atoms with Crippen LogP contribution in [0.5, 0.6) is 0 Å². The first-order valence-corrected chi connectivity index (χ1v) is 8.58. The first-order valence-electron chi connectivity index (χ1n) is 8.58. The fourth-order valence-corrected chi connectivity index (χ4v) is 3.73. The van der Waals surface area contributed by atoms with Crippen LogP contribution < -0.4 is 9.80 Å². The quantitative estimate of drug-likeness (QED) is 0.636. The van der Waals surface area contributed by atoms with Gasteiger partial charge in [-0.05, 0) is 43.0 Å². The van der Waals surface area contributed by atoms with E-state index < -0.39 is 0 Å². The summed E-state index contributed by atoms with van der Waals surface area (Å²) in [5, 5.41) is 11.5. The highest BCUT2D eigenvalue weighted by atomic mass is 16.6. The van der Waals surface area contributed by atoms with Gasteiger partial charge in [0.1, 0.15) is 5.69 Å². The molecule has 2 aromatic rings. The number of carbonyl (C=O) groups excluding carboxylic acids is 1. The largest absolute Gasteiger partial charge is 0.366 e. The number of para-hydroxylation sites is 1. The third kappa shape index (κ3) is 2.73. The molecule has 4 rings (SSSR count). The van der Waals surface area contributed by atoms with Crippen LogP contribution in [0.25, 0.3) is 0 Å². The average molecular weight is 337 g/mol. The molecule has 25 heavy (non-hydrogen) atoms. The molecule has 0 spiro atoms. The average Bonchev–Trinajstić information content (AvgIpc) is 3.30. The molecule has 1 amide bonds. The number of hydrogen-bond acceptors (Lipinski definition) is 4. The monoisotopic (exact) mass is 337 g/mol. The summed E-state index contributed by atoms with van der Waals surface area (Å²) in [6, 6.07) is 12.7. The Hall–Kier alpha value is -2.89. The van der Waals surface area contributed by atoms with Crippen molar-refractivity contribution in [1.29, 1.82) is 0 Å². The van der Waals surface area contributed by atoms with Gasteiger partial charge in [0.25, 0.3) is 11.6 Å². The van der Waals surface area contributed by atoms with Crippen molar-refractivity contribution in [2.45, 2.75) is 19.3 Å². The van der Waals surface area contributed by atoms with E-state index in [4.69, 9.17) is 0 Å². The van der Waals surface area contributed by atoms with Crippen LogP contribution in [0.15, 0.2) is 42.5 Å². The number of nitrogens with zero attached hydrogens (tertiary/aromatic N) is 3. The van der Waals surface area contributed by atoms with Crippen molar-refractivity contribution in [3.05, 3.63) is 63.7 Å². The van der Waals surface area contributed by atoms with E-state index in [1.807, 2.05) is 29.2 Å². The molecule has 2 aliphatic rings. The van der Waals surface area contributed by atoms with Gasteiger partial charge in [-0.25, -0.2) is 0 Å². The minimum atomic E-state index is -0.387. The van der Waals surface area contributed by atoms with Crippen LogP contribution in [-0.4, -0.2) is 30.5 Å². The second kappa shape index (κ2) is 6.20. The Morgan fingerprint density at radius 3 is 2.52 bits per heavy atom. The maximum Gasteiger partial charge on any atom is 0.293 e. The van der Waals surface area contributed by atoms with Gasteiger partial charge in [0.15, 0.2) is 0 Å². The Morgan fingerprint density at radius 2 is 1.76 bits per heavy atom. The second-order valence-electron chi connectivity index (χ2n) is 6.49. The van der Waals surface area contributed by atoms with E-state index in [2.05, 4.69) is 0 Å². The van der Waals surface area contributed by atoms with Crippen LogP contribution in [0.3, 0.4) is 0 Å². The number of amides is 1. The highest BCUT2D eigenvalue weighted by Gasteiger charge is 2.28. The summed E-state index contributed by atoms with van der Waals surface area (Å²) in [4.78, 5) is 27.8. The molecule has 0 unspecified atom stereocenters. The molecule has 6 nitrogen and oxygen atoms in total. The van der Waals surface area contributed by atoms with Gasteiger partial charge in [0.05, 0.1) is 4.92 Å². The minimum absolute atomic E-state index is 0.0141. The lowest BCUT2D eigenvalue weighted by atomic mass is 10.1. The molecule has 0 radical (unpaired) electrons. The molecule has 0 N–H and O–H groups in total. The summed E-state index contributed by atoms with van der Waals surface area (Å²) < 4.78 is 0. The molecule has 2 aliphatic heterocycles. The highest BCUT2D eigenvalue weighted by Crippen LogP contribution is 2.34. The number of nitro groups is 1. The van der Waals surface area contributed by atoms with Crippen LogP contribution in [0, 0.1) is 10.1 Å². The van der Waals surface area contributed by atoms with Crippen molar-refractivity contribution in [2.75, 3.05) is 29.4 Å². The number of rotatable bonds is 3. The number of benzene rings is 2. The van der Waals surface area contributed by atoms with E-state index in [1.54, 1.807) is 17.0 Å². The predicted octanol–water partition coefficient (Wildman–Crippen LogP) is 3.40. The van der Waals surface area contributed by atoms with Gasteiger partial charge in [-0.2, -0.15) is 0 Å². The summed E-state index contributed by atoms with van der Waals surface area (Å²) in [5.41, 5.74) is 3.03. The Bertz CT molecular complexity index is 844. The van der Waals surface area contributed by atoms with Crippen LogP contribution in [0.1, 0.15) is 28.8 Å². The maximum atomic E-state index is 12.9. The van der Waals surface area contributed by atoms with Gasteiger partial charge in [-0.1, -0.05) is 18.2 Å². The summed E-state index contributed by atoms with van der Waals surface area (Å²) in [6.07, 6.45) is 2.90.